The van der Waals surface area contributed by atoms with Crippen molar-refractivity contribution in [3.05, 3.63) is 57.0 Å². The van der Waals surface area contributed by atoms with E-state index < -0.39 is 5.97 Å². The largest absolute Gasteiger partial charge is 0.465 e. The third-order valence-electron chi connectivity index (χ3n) is 6.14. The molecule has 1 atom stereocenters. The minimum Gasteiger partial charge on any atom is -0.465 e. The average molecular weight is 454 g/mol. The van der Waals surface area contributed by atoms with E-state index >= 15 is 0 Å². The SMILES string of the molecule is COC(=O)c1cccc(NC(=O)Cn2cnc3sc4c(c3c2=O)CCC(C(C)(C)C)C4)c1. The maximum Gasteiger partial charge on any atom is 0.337 e. The zero-order valence-electron chi connectivity index (χ0n) is 18.7. The van der Waals surface area contributed by atoms with Crippen molar-refractivity contribution in [3.63, 3.8) is 0 Å². The van der Waals surface area contributed by atoms with Gasteiger partial charge >= 0.3 is 5.97 Å². The number of nitrogens with one attached hydrogen (secondary N) is 1. The summed E-state index contributed by atoms with van der Waals surface area (Å²) in [5, 5.41) is 3.39. The number of amides is 1. The maximum absolute atomic E-state index is 13.2. The van der Waals surface area contributed by atoms with Gasteiger partial charge in [0.15, 0.2) is 0 Å². The van der Waals surface area contributed by atoms with Gasteiger partial charge in [0.2, 0.25) is 5.91 Å². The molecule has 0 bridgehead atoms. The summed E-state index contributed by atoms with van der Waals surface area (Å²) in [6.45, 7) is 6.64. The number of thiophene rings is 1. The van der Waals surface area contributed by atoms with E-state index in [1.165, 1.54) is 28.9 Å². The fraction of sp³-hybridized carbons (Fsp3) is 0.417. The van der Waals surface area contributed by atoms with E-state index in [1.54, 1.807) is 29.5 Å². The number of anilines is 1. The number of hydrogen-bond donors (Lipinski definition) is 1. The predicted octanol–water partition coefficient (Wildman–Crippen LogP) is 4.03. The molecular formula is C24H27N3O4S. The van der Waals surface area contributed by atoms with Gasteiger partial charge in [0.1, 0.15) is 11.4 Å². The Labute approximate surface area is 190 Å². The highest BCUT2D eigenvalue weighted by Crippen LogP contribution is 2.41. The van der Waals surface area contributed by atoms with Gasteiger partial charge in [0, 0.05) is 10.6 Å². The van der Waals surface area contributed by atoms with Gasteiger partial charge in [0.05, 0.1) is 24.4 Å². The van der Waals surface area contributed by atoms with Gasteiger partial charge in [-0.05, 0) is 54.4 Å². The van der Waals surface area contributed by atoms with E-state index in [0.29, 0.717) is 22.6 Å². The quantitative estimate of drug-likeness (QED) is 0.602. The topological polar surface area (TPSA) is 90.3 Å². The third-order valence-corrected chi connectivity index (χ3v) is 7.30. The zero-order valence-corrected chi connectivity index (χ0v) is 19.5. The Morgan fingerprint density at radius 1 is 1.31 bits per heavy atom. The molecule has 2 aromatic heterocycles. The van der Waals surface area contributed by atoms with E-state index in [1.807, 2.05) is 0 Å². The van der Waals surface area contributed by atoms with Gasteiger partial charge in [-0.2, -0.15) is 0 Å². The Hall–Kier alpha value is -3.00. The van der Waals surface area contributed by atoms with Gasteiger partial charge < -0.3 is 10.1 Å². The standard InChI is InChI=1S/C24H27N3O4S/c1-24(2,3)15-8-9-17-18(11-15)32-21-20(17)22(29)27(13-25-21)12-19(28)26-16-7-5-6-14(10-16)23(30)31-4/h5-7,10,13,15H,8-9,11-12H2,1-4H3,(H,26,28). The number of hydrogen-bond acceptors (Lipinski definition) is 6. The maximum atomic E-state index is 13.2. The molecule has 4 rings (SSSR count). The van der Waals surface area contributed by atoms with Gasteiger partial charge in [-0.15, -0.1) is 11.3 Å². The molecule has 7 nitrogen and oxygen atoms in total. The lowest BCUT2D eigenvalue weighted by atomic mass is 9.72. The number of esters is 1. The van der Waals surface area contributed by atoms with Crippen LogP contribution >= 0.6 is 11.3 Å². The number of ether oxygens (including phenoxy) is 1. The summed E-state index contributed by atoms with van der Waals surface area (Å²) < 4.78 is 6.06. The molecule has 2 heterocycles. The second-order valence-electron chi connectivity index (χ2n) is 9.29. The van der Waals surface area contributed by atoms with Crippen molar-refractivity contribution >= 4 is 39.1 Å². The normalized spacial score (nSPS) is 15.9. The fourth-order valence-corrected chi connectivity index (χ4v) is 5.51. The molecule has 0 radical (unpaired) electrons. The number of aryl methyl sites for hydroxylation is 1. The number of rotatable bonds is 4. The second-order valence-corrected chi connectivity index (χ2v) is 10.4. The van der Waals surface area contributed by atoms with Crippen molar-refractivity contribution in [3.8, 4) is 0 Å². The molecule has 0 spiro atoms. The molecule has 0 saturated carbocycles. The van der Waals surface area contributed by atoms with Gasteiger partial charge in [-0.3, -0.25) is 14.2 Å². The smallest absolute Gasteiger partial charge is 0.337 e. The van der Waals surface area contributed by atoms with Crippen LogP contribution in [0.4, 0.5) is 5.69 Å². The molecule has 168 valence electrons. The average Bonchev–Trinajstić information content (AvgIpc) is 3.13. The Balaban J connectivity index is 1.56. The summed E-state index contributed by atoms with van der Waals surface area (Å²) in [6.07, 6.45) is 4.33. The van der Waals surface area contributed by atoms with Crippen molar-refractivity contribution < 1.29 is 14.3 Å². The van der Waals surface area contributed by atoms with Crippen molar-refractivity contribution in [2.45, 2.75) is 46.6 Å². The van der Waals surface area contributed by atoms with Crippen LogP contribution in [0.1, 0.15) is 48.0 Å². The number of benzene rings is 1. The monoisotopic (exact) mass is 453 g/mol. The molecular weight excluding hydrogens is 426 g/mol. The molecule has 32 heavy (non-hydrogen) atoms. The number of carbonyl (C=O) groups excluding carboxylic acids is 2. The van der Waals surface area contributed by atoms with Crippen molar-refractivity contribution in [2.75, 3.05) is 12.4 Å². The molecule has 1 N–H and O–H groups in total. The highest BCUT2D eigenvalue weighted by molar-refractivity contribution is 7.18. The van der Waals surface area contributed by atoms with Crippen LogP contribution in [0.15, 0.2) is 35.4 Å². The Morgan fingerprint density at radius 2 is 2.09 bits per heavy atom. The van der Waals surface area contributed by atoms with Crippen LogP contribution in [0.3, 0.4) is 0 Å². The van der Waals surface area contributed by atoms with E-state index in [4.69, 9.17) is 4.74 Å². The number of nitrogens with zero attached hydrogens (tertiary/aromatic N) is 2. The van der Waals surface area contributed by atoms with Crippen LogP contribution in [0.5, 0.6) is 0 Å². The van der Waals surface area contributed by atoms with E-state index in [0.717, 1.165) is 29.7 Å². The molecule has 1 amide bonds. The Bertz CT molecular complexity index is 1250. The minimum absolute atomic E-state index is 0.153. The van der Waals surface area contributed by atoms with Crippen LogP contribution in [-0.4, -0.2) is 28.5 Å². The molecule has 0 saturated heterocycles. The summed E-state index contributed by atoms with van der Waals surface area (Å²) >= 11 is 1.60. The lowest BCUT2D eigenvalue weighted by Gasteiger charge is -2.33. The van der Waals surface area contributed by atoms with Crippen LogP contribution in [-0.2, 0) is 28.9 Å². The highest BCUT2D eigenvalue weighted by atomic mass is 32.1. The van der Waals surface area contributed by atoms with Crippen molar-refractivity contribution in [1.29, 1.82) is 0 Å². The number of fused-ring (bicyclic) bond motifs is 3. The molecule has 0 fully saturated rings. The minimum atomic E-state index is -0.483. The van der Waals surface area contributed by atoms with Crippen LogP contribution in [0, 0.1) is 11.3 Å². The molecule has 3 aromatic rings. The summed E-state index contributed by atoms with van der Waals surface area (Å²) in [6, 6.07) is 6.47. The summed E-state index contributed by atoms with van der Waals surface area (Å²) in [4.78, 5) is 44.0. The van der Waals surface area contributed by atoms with Crippen molar-refractivity contribution in [2.24, 2.45) is 11.3 Å². The number of methoxy groups -OCH3 is 1. The Morgan fingerprint density at radius 3 is 2.81 bits per heavy atom. The molecule has 1 aliphatic carbocycles. The molecule has 8 heteroatoms. The first kappa shape index (κ1) is 22.2. The Kier molecular flexibility index (Phi) is 5.90. The van der Waals surface area contributed by atoms with Gasteiger partial charge in [-0.1, -0.05) is 26.8 Å². The van der Waals surface area contributed by atoms with Crippen LogP contribution in [0.2, 0.25) is 0 Å². The van der Waals surface area contributed by atoms with Crippen molar-refractivity contribution in [1.82, 2.24) is 9.55 Å². The zero-order chi connectivity index (χ0) is 23.0. The van der Waals surface area contributed by atoms with E-state index in [2.05, 4.69) is 31.1 Å². The highest BCUT2D eigenvalue weighted by Gasteiger charge is 2.31. The third kappa shape index (κ3) is 4.32. The lowest BCUT2D eigenvalue weighted by molar-refractivity contribution is -0.116. The second kappa shape index (κ2) is 8.50. The first-order valence-corrected chi connectivity index (χ1v) is 11.5. The predicted molar refractivity (Wildman–Crippen MR) is 125 cm³/mol. The summed E-state index contributed by atoms with van der Waals surface area (Å²) in [5.41, 5.74) is 1.94. The first-order chi connectivity index (χ1) is 15.2. The van der Waals surface area contributed by atoms with Gasteiger partial charge in [-0.25, -0.2) is 9.78 Å². The van der Waals surface area contributed by atoms with Crippen LogP contribution in [0.25, 0.3) is 10.2 Å². The fourth-order valence-electron chi connectivity index (χ4n) is 4.25. The molecule has 0 aliphatic heterocycles. The summed E-state index contributed by atoms with van der Waals surface area (Å²) in [5.74, 6) is -0.271. The molecule has 1 unspecified atom stereocenters. The first-order valence-electron chi connectivity index (χ1n) is 10.7. The molecule has 1 aliphatic rings. The van der Waals surface area contributed by atoms with E-state index in [9.17, 15) is 14.4 Å². The van der Waals surface area contributed by atoms with Gasteiger partial charge in [0.25, 0.3) is 5.56 Å². The molecule has 1 aromatic carbocycles. The number of aromatic nitrogens is 2. The summed E-state index contributed by atoms with van der Waals surface area (Å²) in [7, 11) is 1.30. The van der Waals surface area contributed by atoms with E-state index in [-0.39, 0.29) is 23.4 Å². The van der Waals surface area contributed by atoms with Crippen LogP contribution < -0.4 is 10.9 Å². The number of carbonyl (C=O) groups is 2. The lowest BCUT2D eigenvalue weighted by Crippen LogP contribution is -2.29.